The lowest BCUT2D eigenvalue weighted by Crippen LogP contribution is -2.50. The number of halogens is 1. The van der Waals surface area contributed by atoms with E-state index in [1.54, 1.807) is 6.07 Å². The fraction of sp³-hybridized carbons (Fsp3) is 0.333. The fourth-order valence-electron chi connectivity index (χ4n) is 2.99. The first-order chi connectivity index (χ1) is 12.6. The van der Waals surface area contributed by atoms with Gasteiger partial charge in [-0.05, 0) is 43.5 Å². The third-order valence-corrected chi connectivity index (χ3v) is 4.69. The van der Waals surface area contributed by atoms with Crippen molar-refractivity contribution >= 4 is 34.8 Å². The molecule has 6 heteroatoms. The van der Waals surface area contributed by atoms with Crippen molar-refractivity contribution in [1.29, 1.82) is 0 Å². The van der Waals surface area contributed by atoms with E-state index in [1.165, 1.54) is 0 Å². The number of amides is 2. The Kier molecular flexibility index (Phi) is 6.63. The normalized spacial score (nSPS) is 11.2. The molecule has 0 unspecified atom stereocenters. The van der Waals surface area contributed by atoms with Crippen molar-refractivity contribution in [1.82, 2.24) is 0 Å². The van der Waals surface area contributed by atoms with Gasteiger partial charge in [0.05, 0.1) is 24.8 Å². The van der Waals surface area contributed by atoms with E-state index in [4.69, 9.17) is 11.6 Å². The zero-order valence-corrected chi connectivity index (χ0v) is 17.3. The monoisotopic (exact) mass is 388 g/mol. The van der Waals surface area contributed by atoms with Crippen LogP contribution < -0.4 is 10.6 Å². The quantitative estimate of drug-likeness (QED) is 0.737. The minimum Gasteiger partial charge on any atom is -0.321 e. The van der Waals surface area contributed by atoms with E-state index in [9.17, 15) is 9.59 Å². The number of hydrogen-bond acceptors (Lipinski definition) is 2. The van der Waals surface area contributed by atoms with Gasteiger partial charge in [0.15, 0.2) is 13.1 Å². The number of likely N-dealkylation sites (N-methyl/N-ethyl adjacent to an activating group) is 1. The van der Waals surface area contributed by atoms with Crippen molar-refractivity contribution in [2.75, 3.05) is 37.8 Å². The molecule has 2 amide bonds. The fourth-order valence-corrected chi connectivity index (χ4v) is 3.26. The predicted molar refractivity (Wildman–Crippen MR) is 111 cm³/mol. The highest BCUT2D eigenvalue weighted by Crippen LogP contribution is 2.25. The van der Waals surface area contributed by atoms with Crippen molar-refractivity contribution in [3.63, 3.8) is 0 Å². The highest BCUT2D eigenvalue weighted by atomic mass is 35.5. The summed E-state index contributed by atoms with van der Waals surface area (Å²) in [5.74, 6) is -0.310. The summed E-state index contributed by atoms with van der Waals surface area (Å²) in [6.45, 7) is 6.15. The van der Waals surface area contributed by atoms with E-state index in [1.807, 2.05) is 65.2 Å². The molecule has 0 saturated carbocycles. The Morgan fingerprint density at radius 2 is 1.22 bits per heavy atom. The van der Waals surface area contributed by atoms with Crippen molar-refractivity contribution in [3.8, 4) is 0 Å². The number of anilines is 2. The summed E-state index contributed by atoms with van der Waals surface area (Å²) in [4.78, 5) is 25.0. The van der Waals surface area contributed by atoms with E-state index in [2.05, 4.69) is 10.6 Å². The lowest BCUT2D eigenvalue weighted by atomic mass is 10.1. The number of para-hydroxylation sites is 2. The molecule has 2 aromatic rings. The average Bonchev–Trinajstić information content (AvgIpc) is 2.53. The van der Waals surface area contributed by atoms with Gasteiger partial charge in [0.1, 0.15) is 0 Å². The summed E-state index contributed by atoms with van der Waals surface area (Å²) in [7, 11) is 3.70. The Labute approximate surface area is 165 Å². The van der Waals surface area contributed by atoms with Crippen LogP contribution in [0.5, 0.6) is 0 Å². The number of carbonyl (C=O) groups is 2. The highest BCUT2D eigenvalue weighted by Gasteiger charge is 2.25. The lowest BCUT2D eigenvalue weighted by molar-refractivity contribution is -0.874. The summed E-state index contributed by atoms with van der Waals surface area (Å²) in [5, 5.41) is 6.33. The van der Waals surface area contributed by atoms with Crippen LogP contribution in [-0.4, -0.2) is 43.5 Å². The predicted octanol–water partition coefficient (Wildman–Crippen LogP) is 3.92. The summed E-state index contributed by atoms with van der Waals surface area (Å²) in [5.41, 5.74) is 4.37. The molecule has 27 heavy (non-hydrogen) atoms. The number of nitrogens with one attached hydrogen (secondary N) is 2. The highest BCUT2D eigenvalue weighted by molar-refractivity contribution is 6.33. The van der Waals surface area contributed by atoms with Crippen molar-refractivity contribution < 1.29 is 14.1 Å². The van der Waals surface area contributed by atoms with Gasteiger partial charge in [-0.15, -0.1) is 0 Å². The molecule has 144 valence electrons. The minimum absolute atomic E-state index is 0.126. The second-order valence-electron chi connectivity index (χ2n) is 7.55. The van der Waals surface area contributed by atoms with Crippen molar-refractivity contribution in [3.05, 3.63) is 58.1 Å². The van der Waals surface area contributed by atoms with Gasteiger partial charge in [0, 0.05) is 5.69 Å². The molecule has 0 spiro atoms. The van der Waals surface area contributed by atoms with Crippen LogP contribution in [0.4, 0.5) is 11.4 Å². The molecular formula is C21H27ClN3O2+. The number of nitrogens with zero attached hydrogens (tertiary/aromatic N) is 1. The maximum absolute atomic E-state index is 12.5. The van der Waals surface area contributed by atoms with Crippen LogP contribution in [0.3, 0.4) is 0 Å². The van der Waals surface area contributed by atoms with E-state index in [0.29, 0.717) is 10.7 Å². The number of hydrogen-bond donors (Lipinski definition) is 2. The number of carbonyl (C=O) groups excluding carboxylic acids is 2. The summed E-state index contributed by atoms with van der Waals surface area (Å²) in [6, 6.07) is 11.3. The SMILES string of the molecule is Cc1cccc(C)c1NC(=O)C[N+](C)(C)CC(=O)Nc1c(C)cccc1Cl. The summed E-state index contributed by atoms with van der Waals surface area (Å²) < 4.78 is 0.228. The third kappa shape index (κ3) is 5.81. The standard InChI is InChI=1S/C21H26ClN3O2/c1-14-8-6-9-15(2)20(14)23-18(26)12-25(4,5)13-19(27)24-21-16(3)10-7-11-17(21)22/h6-11H,12-13H2,1-5H3,(H-,23,24,26,27)/p+1. The smallest absolute Gasteiger partial charge is 0.279 e. The molecule has 2 N–H and O–H groups in total. The zero-order valence-electron chi connectivity index (χ0n) is 16.5. The largest absolute Gasteiger partial charge is 0.321 e. The Hall–Kier alpha value is -2.37. The van der Waals surface area contributed by atoms with Crippen molar-refractivity contribution in [2.24, 2.45) is 0 Å². The van der Waals surface area contributed by atoms with Gasteiger partial charge in [0.2, 0.25) is 0 Å². The maximum Gasteiger partial charge on any atom is 0.279 e. The molecule has 5 nitrogen and oxygen atoms in total. The zero-order chi connectivity index (χ0) is 20.2. The van der Waals surface area contributed by atoms with Gasteiger partial charge in [0.25, 0.3) is 11.8 Å². The molecule has 0 radical (unpaired) electrons. The number of benzene rings is 2. The van der Waals surface area contributed by atoms with Crippen LogP contribution >= 0.6 is 11.6 Å². The second-order valence-corrected chi connectivity index (χ2v) is 7.95. The summed E-state index contributed by atoms with van der Waals surface area (Å²) >= 11 is 6.17. The van der Waals surface area contributed by atoms with Crippen molar-refractivity contribution in [2.45, 2.75) is 20.8 Å². The minimum atomic E-state index is -0.184. The third-order valence-electron chi connectivity index (χ3n) is 4.38. The van der Waals surface area contributed by atoms with Crippen LogP contribution in [0.25, 0.3) is 0 Å². The van der Waals surface area contributed by atoms with Crippen LogP contribution in [0.2, 0.25) is 5.02 Å². The van der Waals surface area contributed by atoms with E-state index < -0.39 is 0 Å². The number of quaternary nitrogens is 1. The Balaban J connectivity index is 1.99. The van der Waals surface area contributed by atoms with Gasteiger partial charge in [-0.1, -0.05) is 41.9 Å². The lowest BCUT2D eigenvalue weighted by Gasteiger charge is -2.28. The Bertz CT molecular complexity index is 753. The first-order valence-corrected chi connectivity index (χ1v) is 9.20. The Morgan fingerprint density at radius 1 is 0.815 bits per heavy atom. The van der Waals surface area contributed by atoms with Crippen LogP contribution in [0.15, 0.2) is 36.4 Å². The average molecular weight is 389 g/mol. The van der Waals surface area contributed by atoms with Crippen LogP contribution in [0.1, 0.15) is 16.7 Å². The topological polar surface area (TPSA) is 58.2 Å². The molecule has 2 aromatic carbocycles. The molecule has 0 fully saturated rings. The molecule has 0 atom stereocenters. The molecule has 0 aliphatic heterocycles. The first kappa shape index (κ1) is 20.9. The number of aryl methyl sites for hydroxylation is 3. The van der Waals surface area contributed by atoms with Gasteiger partial charge < -0.3 is 15.1 Å². The maximum atomic E-state index is 12.5. The molecule has 0 aromatic heterocycles. The Morgan fingerprint density at radius 3 is 1.70 bits per heavy atom. The van der Waals surface area contributed by atoms with Gasteiger partial charge >= 0.3 is 0 Å². The van der Waals surface area contributed by atoms with Gasteiger partial charge in [-0.25, -0.2) is 0 Å². The molecule has 0 aliphatic carbocycles. The molecular weight excluding hydrogens is 362 g/mol. The first-order valence-electron chi connectivity index (χ1n) is 8.82. The van der Waals surface area contributed by atoms with Gasteiger partial charge in [-0.3, -0.25) is 9.59 Å². The van der Waals surface area contributed by atoms with E-state index >= 15 is 0 Å². The molecule has 0 saturated heterocycles. The van der Waals surface area contributed by atoms with E-state index in [0.717, 1.165) is 22.4 Å². The summed E-state index contributed by atoms with van der Waals surface area (Å²) in [6.07, 6.45) is 0. The van der Waals surface area contributed by atoms with E-state index in [-0.39, 0.29) is 29.4 Å². The van der Waals surface area contributed by atoms with Crippen LogP contribution in [0, 0.1) is 20.8 Å². The second kappa shape index (κ2) is 8.55. The van der Waals surface area contributed by atoms with Crippen LogP contribution in [-0.2, 0) is 9.59 Å². The molecule has 0 aliphatic rings. The molecule has 0 heterocycles. The molecule has 2 rings (SSSR count). The number of rotatable bonds is 6. The van der Waals surface area contributed by atoms with Gasteiger partial charge in [-0.2, -0.15) is 0 Å². The molecule has 0 bridgehead atoms.